The van der Waals surface area contributed by atoms with Crippen LogP contribution in [-0.4, -0.2) is 24.1 Å². The van der Waals surface area contributed by atoms with E-state index in [1.54, 1.807) is 0 Å². The zero-order valence-corrected chi connectivity index (χ0v) is 12.1. The second-order valence-electron chi connectivity index (χ2n) is 4.36. The Labute approximate surface area is 115 Å². The van der Waals surface area contributed by atoms with Crippen LogP contribution in [0.5, 0.6) is 0 Å². The van der Waals surface area contributed by atoms with E-state index in [0.717, 1.165) is 29.7 Å². The van der Waals surface area contributed by atoms with Crippen molar-refractivity contribution in [1.82, 2.24) is 0 Å². The third kappa shape index (κ3) is 2.24. The highest BCUT2D eigenvalue weighted by Crippen LogP contribution is 2.38. The molecule has 0 saturated heterocycles. The van der Waals surface area contributed by atoms with Crippen LogP contribution in [0.15, 0.2) is 16.6 Å². The number of aliphatic hydroxyl groups is 1. The highest BCUT2D eigenvalue weighted by atomic mass is 79.9. The largest absolute Gasteiger partial charge is 0.378 e. The molecule has 0 aliphatic carbocycles. The van der Waals surface area contributed by atoms with Gasteiger partial charge in [0.15, 0.2) is 6.10 Å². The zero-order chi connectivity index (χ0) is 13.3. The predicted octanol–water partition coefficient (Wildman–Crippen LogP) is 2.67. The molecule has 1 atom stereocenters. The van der Waals surface area contributed by atoms with Crippen LogP contribution in [0.2, 0.25) is 0 Å². The molecule has 4 nitrogen and oxygen atoms in total. The van der Waals surface area contributed by atoms with Crippen molar-refractivity contribution in [3.63, 3.8) is 0 Å². The van der Waals surface area contributed by atoms with Gasteiger partial charge in [-0.15, -0.1) is 0 Å². The van der Waals surface area contributed by atoms with E-state index in [1.807, 2.05) is 12.1 Å². The molecule has 1 unspecified atom stereocenters. The molecular formula is C13H17BrN2O2. The zero-order valence-electron chi connectivity index (χ0n) is 10.5. The average molecular weight is 313 g/mol. The molecule has 1 aromatic rings. The fourth-order valence-corrected chi connectivity index (χ4v) is 2.83. The number of rotatable bonds is 4. The van der Waals surface area contributed by atoms with Crippen molar-refractivity contribution >= 4 is 33.2 Å². The lowest BCUT2D eigenvalue weighted by Gasteiger charge is -2.24. The van der Waals surface area contributed by atoms with Gasteiger partial charge in [-0.05, 0) is 41.4 Å². The van der Waals surface area contributed by atoms with Crippen molar-refractivity contribution in [3.05, 3.63) is 22.2 Å². The Hall–Kier alpha value is -1.07. The van der Waals surface area contributed by atoms with Crippen LogP contribution in [0.25, 0.3) is 0 Å². The Bertz CT molecular complexity index is 476. The molecule has 2 rings (SSSR count). The predicted molar refractivity (Wildman–Crippen MR) is 75.9 cm³/mol. The highest BCUT2D eigenvalue weighted by Gasteiger charge is 2.29. The van der Waals surface area contributed by atoms with Gasteiger partial charge in [-0.2, -0.15) is 0 Å². The van der Waals surface area contributed by atoms with Gasteiger partial charge in [-0.3, -0.25) is 4.79 Å². The minimum absolute atomic E-state index is 0.354. The number of amides is 1. The van der Waals surface area contributed by atoms with Gasteiger partial charge in [0.2, 0.25) is 0 Å². The van der Waals surface area contributed by atoms with Gasteiger partial charge >= 0.3 is 0 Å². The normalized spacial score (nSPS) is 17.6. The molecule has 1 amide bonds. The molecule has 1 aromatic carbocycles. The Morgan fingerprint density at radius 1 is 1.44 bits per heavy atom. The molecule has 1 heterocycles. The van der Waals surface area contributed by atoms with Gasteiger partial charge in [0.1, 0.15) is 0 Å². The first-order valence-electron chi connectivity index (χ1n) is 6.15. The maximum absolute atomic E-state index is 11.4. The summed E-state index contributed by atoms with van der Waals surface area (Å²) in [6.07, 6.45) is 0.0124. The summed E-state index contributed by atoms with van der Waals surface area (Å²) in [5.41, 5.74) is 2.40. The molecule has 0 spiro atoms. The van der Waals surface area contributed by atoms with Crippen LogP contribution in [0.1, 0.15) is 31.9 Å². The third-order valence-corrected chi connectivity index (χ3v) is 3.77. The number of nitrogens with zero attached hydrogens (tertiary/aromatic N) is 1. The number of fused-ring (bicyclic) bond motifs is 1. The molecule has 5 heteroatoms. The van der Waals surface area contributed by atoms with Gasteiger partial charge in [0.25, 0.3) is 5.91 Å². The van der Waals surface area contributed by atoms with E-state index in [2.05, 4.69) is 40.0 Å². The third-order valence-electron chi connectivity index (χ3n) is 3.14. The fourth-order valence-electron chi connectivity index (χ4n) is 2.22. The second-order valence-corrected chi connectivity index (χ2v) is 5.22. The highest BCUT2D eigenvalue weighted by molar-refractivity contribution is 9.10. The first-order valence-corrected chi connectivity index (χ1v) is 6.95. The van der Waals surface area contributed by atoms with Gasteiger partial charge in [-0.1, -0.05) is 6.92 Å². The Morgan fingerprint density at radius 3 is 2.78 bits per heavy atom. The molecule has 0 fully saturated rings. The quantitative estimate of drug-likeness (QED) is 0.898. The second kappa shape index (κ2) is 5.28. The van der Waals surface area contributed by atoms with Crippen molar-refractivity contribution < 1.29 is 9.90 Å². The summed E-state index contributed by atoms with van der Waals surface area (Å²) >= 11 is 3.52. The molecular weight excluding hydrogens is 296 g/mol. The topological polar surface area (TPSA) is 52.6 Å². The first kappa shape index (κ1) is 13.4. The number of benzene rings is 1. The molecule has 0 radical (unpaired) electrons. The molecule has 1 aliphatic heterocycles. The van der Waals surface area contributed by atoms with Crippen molar-refractivity contribution in [2.45, 2.75) is 26.4 Å². The average Bonchev–Trinajstić information content (AvgIpc) is 2.62. The Kier molecular flexibility index (Phi) is 3.92. The number of nitrogens with one attached hydrogen (secondary N) is 1. The van der Waals surface area contributed by atoms with E-state index in [0.29, 0.717) is 11.3 Å². The summed E-state index contributed by atoms with van der Waals surface area (Å²) in [6.45, 7) is 6.10. The summed E-state index contributed by atoms with van der Waals surface area (Å²) in [4.78, 5) is 13.7. The van der Waals surface area contributed by atoms with E-state index in [4.69, 9.17) is 0 Å². The van der Waals surface area contributed by atoms with Gasteiger partial charge in [-0.25, -0.2) is 0 Å². The lowest BCUT2D eigenvalue weighted by molar-refractivity contribution is -0.123. The standard InChI is InChI=1S/C13H17BrN2O2/c1-3-5-16(4-2)11-7-10-8(6-9(11)14)12(17)13(18)15-10/h6-7,12,17H,3-5H2,1-2H3,(H,15,18). The summed E-state index contributed by atoms with van der Waals surface area (Å²) in [6, 6.07) is 3.75. The number of hydrogen-bond donors (Lipinski definition) is 2. The van der Waals surface area contributed by atoms with Crippen molar-refractivity contribution in [2.75, 3.05) is 23.3 Å². The van der Waals surface area contributed by atoms with Crippen LogP contribution in [0.3, 0.4) is 0 Å². The van der Waals surface area contributed by atoms with Crippen LogP contribution in [0.4, 0.5) is 11.4 Å². The van der Waals surface area contributed by atoms with Crippen molar-refractivity contribution in [3.8, 4) is 0 Å². The Balaban J connectivity index is 2.40. The van der Waals surface area contributed by atoms with E-state index in [9.17, 15) is 9.90 Å². The monoisotopic (exact) mass is 312 g/mol. The number of halogens is 1. The van der Waals surface area contributed by atoms with Crippen molar-refractivity contribution in [2.24, 2.45) is 0 Å². The lowest BCUT2D eigenvalue weighted by Crippen LogP contribution is -2.23. The number of anilines is 2. The number of hydrogen-bond acceptors (Lipinski definition) is 3. The van der Waals surface area contributed by atoms with Crippen LogP contribution in [0, 0.1) is 0 Å². The van der Waals surface area contributed by atoms with Gasteiger partial charge in [0, 0.05) is 28.8 Å². The van der Waals surface area contributed by atoms with E-state index < -0.39 is 6.10 Å². The molecule has 2 N–H and O–H groups in total. The summed E-state index contributed by atoms with van der Waals surface area (Å²) in [5.74, 6) is -0.354. The summed E-state index contributed by atoms with van der Waals surface area (Å²) in [7, 11) is 0. The molecule has 0 bridgehead atoms. The molecule has 1 aliphatic rings. The molecule has 0 aromatic heterocycles. The lowest BCUT2D eigenvalue weighted by atomic mass is 10.1. The van der Waals surface area contributed by atoms with E-state index in [-0.39, 0.29) is 5.91 Å². The summed E-state index contributed by atoms with van der Waals surface area (Å²) in [5, 5.41) is 12.4. The number of carbonyl (C=O) groups excluding carboxylic acids is 1. The minimum atomic E-state index is -1.05. The number of carbonyl (C=O) groups is 1. The van der Waals surface area contributed by atoms with Gasteiger partial charge < -0.3 is 15.3 Å². The summed E-state index contributed by atoms with van der Waals surface area (Å²) < 4.78 is 0.909. The van der Waals surface area contributed by atoms with Crippen LogP contribution in [-0.2, 0) is 4.79 Å². The first-order chi connectivity index (χ1) is 8.58. The van der Waals surface area contributed by atoms with E-state index >= 15 is 0 Å². The van der Waals surface area contributed by atoms with Crippen LogP contribution < -0.4 is 10.2 Å². The fraction of sp³-hybridized carbons (Fsp3) is 0.462. The molecule has 0 saturated carbocycles. The Morgan fingerprint density at radius 2 is 2.17 bits per heavy atom. The molecule has 98 valence electrons. The van der Waals surface area contributed by atoms with E-state index in [1.165, 1.54) is 0 Å². The molecule has 18 heavy (non-hydrogen) atoms. The number of aliphatic hydroxyl groups excluding tert-OH is 1. The van der Waals surface area contributed by atoms with Gasteiger partial charge in [0.05, 0.1) is 5.69 Å². The SMILES string of the molecule is CCCN(CC)c1cc2c(cc1Br)C(O)C(=O)N2. The minimum Gasteiger partial charge on any atom is -0.378 e. The van der Waals surface area contributed by atoms with Crippen LogP contribution >= 0.6 is 15.9 Å². The van der Waals surface area contributed by atoms with Crippen molar-refractivity contribution in [1.29, 1.82) is 0 Å². The smallest absolute Gasteiger partial charge is 0.257 e. The maximum atomic E-state index is 11.4. The maximum Gasteiger partial charge on any atom is 0.257 e.